The van der Waals surface area contributed by atoms with Crippen LogP contribution in [0.15, 0.2) is 18.2 Å². The van der Waals surface area contributed by atoms with Crippen molar-refractivity contribution in [1.29, 1.82) is 0 Å². The maximum atomic E-state index is 12.4. The van der Waals surface area contributed by atoms with Crippen molar-refractivity contribution in [2.75, 3.05) is 0 Å². The number of benzene rings is 1. The Kier molecular flexibility index (Phi) is 3.77. The van der Waals surface area contributed by atoms with Gasteiger partial charge in [0.25, 0.3) is 0 Å². The lowest BCUT2D eigenvalue weighted by Crippen LogP contribution is -2.05. The van der Waals surface area contributed by atoms with Gasteiger partial charge in [-0.25, -0.2) is 0 Å². The molecule has 0 radical (unpaired) electrons. The van der Waals surface area contributed by atoms with E-state index in [4.69, 9.17) is 0 Å². The summed E-state index contributed by atoms with van der Waals surface area (Å²) in [6.45, 7) is 3.81. The molecule has 15 heavy (non-hydrogen) atoms. The normalized spacial score (nSPS) is 11.8. The first-order chi connectivity index (χ1) is 6.95. The van der Waals surface area contributed by atoms with E-state index >= 15 is 0 Å². The van der Waals surface area contributed by atoms with Crippen molar-refractivity contribution in [1.82, 2.24) is 0 Å². The molecule has 0 saturated heterocycles. The first kappa shape index (κ1) is 12.1. The molecule has 0 fully saturated rings. The minimum Gasteiger partial charge on any atom is -0.166 e. The molecular weight excluding hydrogens is 201 g/mol. The molecule has 1 rings (SSSR count). The van der Waals surface area contributed by atoms with Gasteiger partial charge in [0.1, 0.15) is 0 Å². The zero-order valence-corrected chi connectivity index (χ0v) is 8.99. The van der Waals surface area contributed by atoms with Gasteiger partial charge in [-0.1, -0.05) is 19.4 Å². The zero-order valence-electron chi connectivity index (χ0n) is 8.99. The van der Waals surface area contributed by atoms with E-state index in [1.807, 2.05) is 0 Å². The van der Waals surface area contributed by atoms with E-state index in [9.17, 15) is 13.2 Å². The van der Waals surface area contributed by atoms with Crippen LogP contribution in [0.4, 0.5) is 13.2 Å². The molecule has 0 N–H and O–H groups in total. The van der Waals surface area contributed by atoms with E-state index in [0.717, 1.165) is 36.5 Å². The molecule has 84 valence electrons. The lowest BCUT2D eigenvalue weighted by molar-refractivity contribution is -0.137. The second kappa shape index (κ2) is 4.69. The highest BCUT2D eigenvalue weighted by atomic mass is 19.4. The number of alkyl halides is 3. The van der Waals surface area contributed by atoms with Crippen LogP contribution in [0.1, 0.15) is 36.5 Å². The summed E-state index contributed by atoms with van der Waals surface area (Å²) in [4.78, 5) is 0. The van der Waals surface area contributed by atoms with Crippen molar-refractivity contribution in [3.8, 4) is 0 Å². The summed E-state index contributed by atoms with van der Waals surface area (Å²) in [5.41, 5.74) is 1.20. The van der Waals surface area contributed by atoms with Crippen LogP contribution in [0.5, 0.6) is 0 Å². The Bertz CT molecular complexity index is 326. The Morgan fingerprint density at radius 1 is 1.20 bits per heavy atom. The molecule has 1 aromatic rings. The van der Waals surface area contributed by atoms with Gasteiger partial charge in [-0.15, -0.1) is 0 Å². The van der Waals surface area contributed by atoms with Crippen molar-refractivity contribution in [3.63, 3.8) is 0 Å². The fraction of sp³-hybridized carbons (Fsp3) is 0.500. The van der Waals surface area contributed by atoms with Crippen LogP contribution in [0.2, 0.25) is 0 Å². The van der Waals surface area contributed by atoms with Gasteiger partial charge in [0.2, 0.25) is 0 Å². The fourth-order valence-electron chi connectivity index (χ4n) is 1.52. The standard InChI is InChI=1S/C12H15F3/c1-3-4-5-10-6-7-11(8-9(10)2)12(13,14)15/h6-8H,3-5H2,1-2H3. The molecule has 1 aromatic carbocycles. The third-order valence-corrected chi connectivity index (χ3v) is 2.47. The highest BCUT2D eigenvalue weighted by Gasteiger charge is 2.30. The van der Waals surface area contributed by atoms with E-state index in [1.165, 1.54) is 6.07 Å². The second-order valence-corrected chi connectivity index (χ2v) is 3.74. The van der Waals surface area contributed by atoms with Gasteiger partial charge >= 0.3 is 6.18 Å². The number of halogens is 3. The number of hydrogen-bond donors (Lipinski definition) is 0. The Morgan fingerprint density at radius 2 is 1.87 bits per heavy atom. The van der Waals surface area contributed by atoms with Crippen LogP contribution < -0.4 is 0 Å². The molecule has 0 aliphatic heterocycles. The Hall–Kier alpha value is -0.990. The summed E-state index contributed by atoms with van der Waals surface area (Å²) in [5, 5.41) is 0. The van der Waals surface area contributed by atoms with Gasteiger partial charge in [0.05, 0.1) is 5.56 Å². The van der Waals surface area contributed by atoms with Crippen molar-refractivity contribution in [2.45, 2.75) is 39.3 Å². The smallest absolute Gasteiger partial charge is 0.166 e. The van der Waals surface area contributed by atoms with Gasteiger partial charge in [0.15, 0.2) is 0 Å². The minimum absolute atomic E-state index is 0.555. The molecule has 0 unspecified atom stereocenters. The first-order valence-electron chi connectivity index (χ1n) is 5.12. The first-order valence-corrected chi connectivity index (χ1v) is 5.12. The molecule has 0 aliphatic carbocycles. The van der Waals surface area contributed by atoms with Crippen LogP contribution in [-0.4, -0.2) is 0 Å². The zero-order chi connectivity index (χ0) is 11.5. The highest BCUT2D eigenvalue weighted by molar-refractivity contribution is 5.32. The van der Waals surface area contributed by atoms with E-state index in [-0.39, 0.29) is 0 Å². The predicted molar refractivity (Wildman–Crippen MR) is 54.8 cm³/mol. The third-order valence-electron chi connectivity index (χ3n) is 2.47. The molecule has 0 atom stereocenters. The summed E-state index contributed by atoms with van der Waals surface area (Å²) in [6.07, 6.45) is -1.29. The van der Waals surface area contributed by atoms with Crippen molar-refractivity contribution in [2.24, 2.45) is 0 Å². The molecule has 0 aliphatic rings. The molecule has 0 amide bonds. The van der Waals surface area contributed by atoms with Gasteiger partial charge in [-0.3, -0.25) is 0 Å². The Balaban J connectivity index is 2.88. The lowest BCUT2D eigenvalue weighted by atomic mass is 10.0. The quantitative estimate of drug-likeness (QED) is 0.704. The number of rotatable bonds is 3. The minimum atomic E-state index is -4.23. The summed E-state index contributed by atoms with van der Waals surface area (Å²) >= 11 is 0. The van der Waals surface area contributed by atoms with Crippen LogP contribution in [-0.2, 0) is 12.6 Å². The molecule has 0 saturated carbocycles. The largest absolute Gasteiger partial charge is 0.416 e. The van der Waals surface area contributed by atoms with Crippen LogP contribution in [0.25, 0.3) is 0 Å². The number of unbranched alkanes of at least 4 members (excludes halogenated alkanes) is 1. The maximum absolute atomic E-state index is 12.4. The molecule has 0 aromatic heterocycles. The monoisotopic (exact) mass is 216 g/mol. The van der Waals surface area contributed by atoms with Crippen LogP contribution in [0, 0.1) is 6.92 Å². The molecule has 0 heterocycles. The average molecular weight is 216 g/mol. The average Bonchev–Trinajstić information content (AvgIpc) is 2.14. The summed E-state index contributed by atoms with van der Waals surface area (Å²) in [6, 6.07) is 3.98. The summed E-state index contributed by atoms with van der Waals surface area (Å²) < 4.78 is 37.1. The van der Waals surface area contributed by atoms with Crippen molar-refractivity contribution in [3.05, 3.63) is 34.9 Å². The molecule has 3 heteroatoms. The van der Waals surface area contributed by atoms with Crippen LogP contribution in [0.3, 0.4) is 0 Å². The maximum Gasteiger partial charge on any atom is 0.416 e. The summed E-state index contributed by atoms with van der Waals surface area (Å²) in [7, 11) is 0. The van der Waals surface area contributed by atoms with Gasteiger partial charge in [-0.05, 0) is 43.0 Å². The predicted octanol–water partition coefficient (Wildman–Crippen LogP) is 4.36. The molecule has 0 bridgehead atoms. The van der Waals surface area contributed by atoms with Crippen LogP contribution >= 0.6 is 0 Å². The van der Waals surface area contributed by atoms with Gasteiger partial charge in [0, 0.05) is 0 Å². The number of aryl methyl sites for hydroxylation is 2. The van der Waals surface area contributed by atoms with E-state index < -0.39 is 11.7 Å². The van der Waals surface area contributed by atoms with Gasteiger partial charge in [-0.2, -0.15) is 13.2 Å². The molecule has 0 spiro atoms. The number of hydrogen-bond acceptors (Lipinski definition) is 0. The van der Waals surface area contributed by atoms with Crippen molar-refractivity contribution >= 4 is 0 Å². The summed E-state index contributed by atoms with van der Waals surface area (Å²) in [5.74, 6) is 0. The lowest BCUT2D eigenvalue weighted by Gasteiger charge is -2.10. The second-order valence-electron chi connectivity index (χ2n) is 3.74. The van der Waals surface area contributed by atoms with E-state index in [2.05, 4.69) is 6.92 Å². The SMILES string of the molecule is CCCCc1ccc(C(F)(F)F)cc1C. The topological polar surface area (TPSA) is 0 Å². The fourth-order valence-corrected chi connectivity index (χ4v) is 1.52. The van der Waals surface area contributed by atoms with E-state index in [0.29, 0.717) is 0 Å². The van der Waals surface area contributed by atoms with Gasteiger partial charge < -0.3 is 0 Å². The highest BCUT2D eigenvalue weighted by Crippen LogP contribution is 2.30. The molecular formula is C12H15F3. The Morgan fingerprint density at radius 3 is 2.33 bits per heavy atom. The van der Waals surface area contributed by atoms with Crippen molar-refractivity contribution < 1.29 is 13.2 Å². The van der Waals surface area contributed by atoms with E-state index in [1.54, 1.807) is 13.0 Å². The Labute approximate surface area is 88.1 Å². The molecule has 0 nitrogen and oxygen atoms in total. The third kappa shape index (κ3) is 3.26.